The minimum absolute atomic E-state index is 0.301. The highest BCUT2D eigenvalue weighted by Gasteiger charge is 2.32. The summed E-state index contributed by atoms with van der Waals surface area (Å²) < 4.78 is 0. The van der Waals surface area contributed by atoms with Gasteiger partial charge in [-0.25, -0.2) is 4.98 Å². The first-order valence-electron chi connectivity index (χ1n) is 7.36. The second-order valence-corrected chi connectivity index (χ2v) is 5.60. The van der Waals surface area contributed by atoms with Gasteiger partial charge in [0.25, 0.3) is 0 Å². The zero-order valence-corrected chi connectivity index (χ0v) is 11.8. The number of para-hydroxylation sites is 1. The first-order valence-corrected chi connectivity index (χ1v) is 7.36. The monoisotopic (exact) mass is 251 g/mol. The highest BCUT2D eigenvalue weighted by atomic mass is 14.7. The molecule has 0 fully saturated rings. The smallest absolute Gasteiger partial charge is 0.0709 e. The molecule has 0 N–H and O–H groups in total. The van der Waals surface area contributed by atoms with Gasteiger partial charge in [0.1, 0.15) is 0 Å². The second kappa shape index (κ2) is 4.80. The van der Waals surface area contributed by atoms with Crippen molar-refractivity contribution in [1.29, 1.82) is 0 Å². The Bertz CT molecular complexity index is 627. The lowest BCUT2D eigenvalue weighted by molar-refractivity contribution is 0.374. The molecule has 98 valence electrons. The summed E-state index contributed by atoms with van der Waals surface area (Å²) in [6.45, 7) is 4.59. The van der Waals surface area contributed by atoms with Crippen molar-refractivity contribution in [3.63, 3.8) is 0 Å². The molecule has 1 aliphatic carbocycles. The molecular formula is C18H21N. The van der Waals surface area contributed by atoms with Crippen LogP contribution in [0.4, 0.5) is 0 Å². The Labute approximate surface area is 115 Å². The molecule has 1 aromatic heterocycles. The van der Waals surface area contributed by atoms with E-state index in [2.05, 4.69) is 56.3 Å². The standard InChI is InChI=1S/C18H21N/c1-3-11-18(4-2)12-7-10-17-15(18)13-14-8-5-6-9-16(14)19-17/h5-10,13H,3-4,11-12H2,1-2H3. The van der Waals surface area contributed by atoms with Crippen molar-refractivity contribution in [2.24, 2.45) is 0 Å². The van der Waals surface area contributed by atoms with Gasteiger partial charge in [-0.2, -0.15) is 0 Å². The second-order valence-electron chi connectivity index (χ2n) is 5.60. The molecule has 1 atom stereocenters. The predicted octanol–water partition coefficient (Wildman–Crippen LogP) is 5.10. The number of benzene rings is 1. The molecule has 0 aliphatic heterocycles. The van der Waals surface area contributed by atoms with E-state index in [0.717, 1.165) is 11.9 Å². The molecule has 3 rings (SSSR count). The molecule has 1 unspecified atom stereocenters. The number of hydrogen-bond acceptors (Lipinski definition) is 1. The Morgan fingerprint density at radius 2 is 2.05 bits per heavy atom. The topological polar surface area (TPSA) is 12.9 Å². The summed E-state index contributed by atoms with van der Waals surface area (Å²) in [6.07, 6.45) is 9.34. The van der Waals surface area contributed by atoms with Crippen LogP contribution in [0.3, 0.4) is 0 Å². The maximum absolute atomic E-state index is 4.85. The van der Waals surface area contributed by atoms with Crippen molar-refractivity contribution in [2.75, 3.05) is 0 Å². The molecule has 19 heavy (non-hydrogen) atoms. The third kappa shape index (κ3) is 1.98. The molecule has 2 aromatic rings. The van der Waals surface area contributed by atoms with E-state index in [1.807, 2.05) is 0 Å². The quantitative estimate of drug-likeness (QED) is 0.739. The molecule has 0 saturated carbocycles. The van der Waals surface area contributed by atoms with Gasteiger partial charge in [0.15, 0.2) is 0 Å². The van der Waals surface area contributed by atoms with Crippen molar-refractivity contribution >= 4 is 17.0 Å². The number of rotatable bonds is 3. The van der Waals surface area contributed by atoms with E-state index in [-0.39, 0.29) is 0 Å². The van der Waals surface area contributed by atoms with E-state index in [4.69, 9.17) is 4.98 Å². The van der Waals surface area contributed by atoms with Crippen LogP contribution in [-0.2, 0) is 5.41 Å². The van der Waals surface area contributed by atoms with Crippen molar-refractivity contribution in [3.05, 3.63) is 47.7 Å². The lowest BCUT2D eigenvalue weighted by atomic mass is 9.69. The molecule has 1 aliphatic rings. The van der Waals surface area contributed by atoms with Crippen LogP contribution in [0, 0.1) is 0 Å². The summed E-state index contributed by atoms with van der Waals surface area (Å²) in [5.41, 5.74) is 4.04. The van der Waals surface area contributed by atoms with Gasteiger partial charge in [0, 0.05) is 10.8 Å². The van der Waals surface area contributed by atoms with E-state index < -0.39 is 0 Å². The van der Waals surface area contributed by atoms with E-state index in [9.17, 15) is 0 Å². The summed E-state index contributed by atoms with van der Waals surface area (Å²) in [5, 5.41) is 1.27. The number of allylic oxidation sites excluding steroid dienone is 1. The minimum Gasteiger partial charge on any atom is -0.248 e. The Hall–Kier alpha value is -1.63. The number of pyridine rings is 1. The number of nitrogens with zero attached hydrogens (tertiary/aromatic N) is 1. The molecule has 1 heterocycles. The molecule has 1 heteroatoms. The molecule has 0 radical (unpaired) electrons. The Morgan fingerprint density at radius 1 is 1.21 bits per heavy atom. The first kappa shape index (κ1) is 12.4. The van der Waals surface area contributed by atoms with Gasteiger partial charge in [0.2, 0.25) is 0 Å². The average molecular weight is 251 g/mol. The summed E-state index contributed by atoms with van der Waals surface area (Å²) in [6, 6.07) is 10.8. The molecule has 0 bridgehead atoms. The lowest BCUT2D eigenvalue weighted by Crippen LogP contribution is -2.28. The third-order valence-electron chi connectivity index (χ3n) is 4.51. The maximum Gasteiger partial charge on any atom is 0.0709 e. The SMILES string of the molecule is CCCC1(CC)CC=Cc2nc3ccccc3cc21. The van der Waals surface area contributed by atoms with Crippen LogP contribution in [-0.4, -0.2) is 4.98 Å². The van der Waals surface area contributed by atoms with Gasteiger partial charge in [-0.3, -0.25) is 0 Å². The van der Waals surface area contributed by atoms with Crippen molar-refractivity contribution in [1.82, 2.24) is 4.98 Å². The van der Waals surface area contributed by atoms with Gasteiger partial charge in [0.05, 0.1) is 11.2 Å². The normalized spacial score (nSPS) is 21.6. The minimum atomic E-state index is 0.301. The molecule has 0 saturated heterocycles. The Balaban J connectivity index is 2.23. The molecule has 1 nitrogen and oxygen atoms in total. The largest absolute Gasteiger partial charge is 0.248 e. The van der Waals surface area contributed by atoms with E-state index in [1.54, 1.807) is 0 Å². The van der Waals surface area contributed by atoms with Crippen LogP contribution in [0.5, 0.6) is 0 Å². The van der Waals surface area contributed by atoms with Gasteiger partial charge in [-0.1, -0.05) is 44.5 Å². The summed E-state index contributed by atoms with van der Waals surface area (Å²) in [5.74, 6) is 0. The number of hydrogen-bond donors (Lipinski definition) is 0. The lowest BCUT2D eigenvalue weighted by Gasteiger charge is -2.36. The predicted molar refractivity (Wildman–Crippen MR) is 82.3 cm³/mol. The first-order chi connectivity index (χ1) is 9.29. The van der Waals surface area contributed by atoms with Crippen LogP contribution >= 0.6 is 0 Å². The van der Waals surface area contributed by atoms with Crippen molar-refractivity contribution in [3.8, 4) is 0 Å². The maximum atomic E-state index is 4.85. The zero-order chi connectivity index (χ0) is 13.3. The van der Waals surface area contributed by atoms with Crippen molar-refractivity contribution < 1.29 is 0 Å². The van der Waals surface area contributed by atoms with Crippen LogP contribution in [0.1, 0.15) is 50.8 Å². The van der Waals surface area contributed by atoms with Crippen molar-refractivity contribution in [2.45, 2.75) is 44.9 Å². The van der Waals surface area contributed by atoms with E-state index in [0.29, 0.717) is 5.41 Å². The van der Waals surface area contributed by atoms with Gasteiger partial charge in [-0.15, -0.1) is 0 Å². The van der Waals surface area contributed by atoms with Crippen LogP contribution in [0.2, 0.25) is 0 Å². The number of fused-ring (bicyclic) bond motifs is 2. The Morgan fingerprint density at radius 3 is 2.84 bits per heavy atom. The van der Waals surface area contributed by atoms with Crippen LogP contribution in [0.15, 0.2) is 36.4 Å². The third-order valence-corrected chi connectivity index (χ3v) is 4.51. The highest BCUT2D eigenvalue weighted by Crippen LogP contribution is 2.42. The van der Waals surface area contributed by atoms with E-state index in [1.165, 1.54) is 35.9 Å². The number of aromatic nitrogens is 1. The molecule has 0 amide bonds. The highest BCUT2D eigenvalue weighted by molar-refractivity contribution is 5.81. The fourth-order valence-corrected chi connectivity index (χ4v) is 3.42. The fourth-order valence-electron chi connectivity index (χ4n) is 3.42. The summed E-state index contributed by atoms with van der Waals surface area (Å²) in [7, 11) is 0. The van der Waals surface area contributed by atoms with Crippen LogP contribution < -0.4 is 0 Å². The average Bonchev–Trinajstić information content (AvgIpc) is 2.46. The summed E-state index contributed by atoms with van der Waals surface area (Å²) in [4.78, 5) is 4.85. The Kier molecular flexibility index (Phi) is 3.14. The molecular weight excluding hydrogens is 230 g/mol. The zero-order valence-electron chi connectivity index (χ0n) is 11.8. The molecule has 1 aromatic carbocycles. The van der Waals surface area contributed by atoms with Gasteiger partial charge >= 0.3 is 0 Å². The van der Waals surface area contributed by atoms with Gasteiger partial charge in [-0.05, 0) is 43.0 Å². The fraction of sp³-hybridized carbons (Fsp3) is 0.389. The van der Waals surface area contributed by atoms with Gasteiger partial charge < -0.3 is 0 Å². The summed E-state index contributed by atoms with van der Waals surface area (Å²) >= 11 is 0. The van der Waals surface area contributed by atoms with Crippen LogP contribution in [0.25, 0.3) is 17.0 Å². The molecule has 0 spiro atoms. The van der Waals surface area contributed by atoms with E-state index >= 15 is 0 Å².